The number of methoxy groups -OCH3 is 1. The number of nitrogens with one attached hydrogen (secondary N) is 1. The summed E-state index contributed by atoms with van der Waals surface area (Å²) in [5, 5.41) is 3.37. The molecule has 0 aliphatic carbocycles. The van der Waals surface area contributed by atoms with Crippen LogP contribution in [0.4, 0.5) is 0 Å². The van der Waals surface area contributed by atoms with Gasteiger partial charge in [-0.2, -0.15) is 0 Å². The first kappa shape index (κ1) is 23.0. The Morgan fingerprint density at radius 1 is 1.24 bits per heavy atom. The summed E-state index contributed by atoms with van der Waals surface area (Å²) in [4.78, 5) is 11.7. The highest BCUT2D eigenvalue weighted by atomic mass is 127. The number of nitrogens with zero attached hydrogens (tertiary/aromatic N) is 4. The van der Waals surface area contributed by atoms with Crippen LogP contribution >= 0.6 is 24.0 Å². The molecule has 2 aromatic heterocycles. The number of halogens is 1. The number of hydrogen-bond acceptors (Lipinski definition) is 3. The first-order valence-electron chi connectivity index (χ1n) is 9.66. The Bertz CT molecular complexity index is 936. The molecule has 2 heterocycles. The Balaban J connectivity index is 0.00000300. The lowest BCUT2D eigenvalue weighted by atomic mass is 10.2. The average Bonchev–Trinajstić information content (AvgIpc) is 3.12. The third-order valence-electron chi connectivity index (χ3n) is 4.63. The molecular formula is C22H30IN5O. The van der Waals surface area contributed by atoms with Crippen LogP contribution in [-0.2, 0) is 13.0 Å². The lowest BCUT2D eigenvalue weighted by Crippen LogP contribution is -2.38. The van der Waals surface area contributed by atoms with Gasteiger partial charge >= 0.3 is 0 Å². The highest BCUT2D eigenvalue weighted by Crippen LogP contribution is 2.13. The molecule has 0 aliphatic heterocycles. The quantitative estimate of drug-likeness (QED) is 0.300. The van der Waals surface area contributed by atoms with Gasteiger partial charge in [-0.15, -0.1) is 24.0 Å². The summed E-state index contributed by atoms with van der Waals surface area (Å²) >= 11 is 0. The fourth-order valence-corrected chi connectivity index (χ4v) is 3.15. The van der Waals surface area contributed by atoms with Crippen LogP contribution in [-0.4, -0.2) is 47.5 Å². The Kier molecular flexibility index (Phi) is 8.75. The predicted molar refractivity (Wildman–Crippen MR) is 129 cm³/mol. The molecule has 0 aliphatic rings. The van der Waals surface area contributed by atoms with Gasteiger partial charge in [-0.1, -0.05) is 18.2 Å². The van der Waals surface area contributed by atoms with Gasteiger partial charge in [-0.25, -0.2) is 4.98 Å². The molecule has 156 valence electrons. The molecule has 0 spiro atoms. The van der Waals surface area contributed by atoms with Crippen molar-refractivity contribution in [2.24, 2.45) is 4.99 Å². The highest BCUT2D eigenvalue weighted by Gasteiger charge is 2.08. The van der Waals surface area contributed by atoms with E-state index in [4.69, 9.17) is 14.7 Å². The number of fused-ring (bicyclic) bond motifs is 1. The smallest absolute Gasteiger partial charge is 0.193 e. The summed E-state index contributed by atoms with van der Waals surface area (Å²) in [7, 11) is 3.74. The van der Waals surface area contributed by atoms with Crippen LogP contribution in [0.2, 0.25) is 0 Å². The first-order chi connectivity index (χ1) is 13.6. The van der Waals surface area contributed by atoms with E-state index in [1.54, 1.807) is 7.11 Å². The van der Waals surface area contributed by atoms with Gasteiger partial charge in [-0.05, 0) is 43.2 Å². The molecule has 1 aromatic carbocycles. The van der Waals surface area contributed by atoms with Crippen LogP contribution in [0, 0.1) is 6.92 Å². The minimum atomic E-state index is 0. The zero-order valence-corrected chi connectivity index (χ0v) is 19.9. The van der Waals surface area contributed by atoms with Crippen molar-refractivity contribution in [2.75, 3.05) is 27.2 Å². The Morgan fingerprint density at radius 2 is 2.00 bits per heavy atom. The van der Waals surface area contributed by atoms with Crippen molar-refractivity contribution in [3.63, 3.8) is 0 Å². The second kappa shape index (κ2) is 11.0. The van der Waals surface area contributed by atoms with Gasteiger partial charge in [0.15, 0.2) is 5.96 Å². The normalized spacial score (nSPS) is 11.2. The number of aromatic nitrogens is 2. The van der Waals surface area contributed by atoms with Crippen molar-refractivity contribution < 1.29 is 4.74 Å². The van der Waals surface area contributed by atoms with Gasteiger partial charge in [0.1, 0.15) is 11.4 Å². The number of pyridine rings is 1. The summed E-state index contributed by atoms with van der Waals surface area (Å²) in [6.07, 6.45) is 4.94. The lowest BCUT2D eigenvalue weighted by Gasteiger charge is -2.22. The second-order valence-electron chi connectivity index (χ2n) is 6.84. The molecule has 0 fully saturated rings. The summed E-state index contributed by atoms with van der Waals surface area (Å²) < 4.78 is 7.31. The zero-order valence-electron chi connectivity index (χ0n) is 17.6. The molecule has 0 bridgehead atoms. The molecule has 6 nitrogen and oxygen atoms in total. The highest BCUT2D eigenvalue weighted by molar-refractivity contribution is 14.0. The summed E-state index contributed by atoms with van der Waals surface area (Å²) in [5.41, 5.74) is 4.48. The van der Waals surface area contributed by atoms with E-state index >= 15 is 0 Å². The SMILES string of the molecule is CCNC(=NCCc1cn2cccc(C)c2n1)N(C)Cc1ccc(OC)cc1.I. The van der Waals surface area contributed by atoms with Crippen molar-refractivity contribution >= 4 is 35.6 Å². The predicted octanol–water partition coefficient (Wildman–Crippen LogP) is 3.91. The Labute approximate surface area is 190 Å². The van der Waals surface area contributed by atoms with Gasteiger partial charge in [0.2, 0.25) is 0 Å². The van der Waals surface area contributed by atoms with Gasteiger partial charge in [0.25, 0.3) is 0 Å². The van der Waals surface area contributed by atoms with Crippen LogP contribution in [0.15, 0.2) is 53.8 Å². The van der Waals surface area contributed by atoms with Gasteiger partial charge in [0.05, 0.1) is 12.8 Å². The zero-order chi connectivity index (χ0) is 19.9. The third kappa shape index (κ3) is 6.09. The van der Waals surface area contributed by atoms with E-state index in [9.17, 15) is 0 Å². The molecule has 0 saturated carbocycles. The third-order valence-corrected chi connectivity index (χ3v) is 4.63. The van der Waals surface area contributed by atoms with Gasteiger partial charge in [-0.3, -0.25) is 4.99 Å². The monoisotopic (exact) mass is 507 g/mol. The Hall–Kier alpha value is -2.29. The van der Waals surface area contributed by atoms with Crippen molar-refractivity contribution in [3.05, 3.63) is 65.6 Å². The number of benzene rings is 1. The number of guanidine groups is 1. The number of imidazole rings is 1. The van der Waals surface area contributed by atoms with E-state index < -0.39 is 0 Å². The standard InChI is InChI=1S/C22H29N5O.HI/c1-5-23-22(26(3)15-18-8-10-20(28-4)11-9-18)24-13-12-19-16-27-14-6-7-17(2)21(27)25-19;/h6-11,14,16H,5,12-13,15H2,1-4H3,(H,23,24);1H. The van der Waals surface area contributed by atoms with E-state index in [0.717, 1.165) is 42.6 Å². The minimum Gasteiger partial charge on any atom is -0.497 e. The van der Waals surface area contributed by atoms with Crippen LogP contribution in [0.5, 0.6) is 5.75 Å². The van der Waals surface area contributed by atoms with Crippen LogP contribution in [0.3, 0.4) is 0 Å². The van der Waals surface area contributed by atoms with Crippen molar-refractivity contribution in [3.8, 4) is 5.75 Å². The number of hydrogen-bond donors (Lipinski definition) is 1. The molecule has 7 heteroatoms. The summed E-state index contributed by atoms with van der Waals surface area (Å²) in [6.45, 7) is 6.48. The van der Waals surface area contributed by atoms with Crippen molar-refractivity contribution in [1.82, 2.24) is 19.6 Å². The molecule has 0 saturated heterocycles. The second-order valence-corrected chi connectivity index (χ2v) is 6.84. The molecule has 29 heavy (non-hydrogen) atoms. The number of aliphatic imine (C=N–C) groups is 1. The molecule has 0 atom stereocenters. The molecule has 3 aromatic rings. The van der Waals surface area contributed by atoms with E-state index in [1.807, 2.05) is 24.4 Å². The van der Waals surface area contributed by atoms with E-state index in [2.05, 4.69) is 59.9 Å². The molecular weight excluding hydrogens is 477 g/mol. The van der Waals surface area contributed by atoms with Crippen LogP contribution in [0.25, 0.3) is 5.65 Å². The van der Waals surface area contributed by atoms with Crippen molar-refractivity contribution in [1.29, 1.82) is 0 Å². The van der Waals surface area contributed by atoms with Crippen LogP contribution in [0.1, 0.15) is 23.7 Å². The maximum atomic E-state index is 5.23. The largest absolute Gasteiger partial charge is 0.497 e. The molecule has 0 unspecified atom stereocenters. The first-order valence-corrected chi connectivity index (χ1v) is 9.66. The molecule has 0 radical (unpaired) electrons. The topological polar surface area (TPSA) is 54.2 Å². The van der Waals surface area contributed by atoms with Gasteiger partial charge in [0, 0.05) is 45.5 Å². The molecule has 0 amide bonds. The van der Waals surface area contributed by atoms with Crippen LogP contribution < -0.4 is 10.1 Å². The average molecular weight is 507 g/mol. The van der Waals surface area contributed by atoms with Crippen molar-refractivity contribution in [2.45, 2.75) is 26.8 Å². The maximum absolute atomic E-state index is 5.23. The number of ether oxygens (including phenoxy) is 1. The van der Waals surface area contributed by atoms with E-state index in [1.165, 1.54) is 11.1 Å². The van der Waals surface area contributed by atoms with E-state index in [0.29, 0.717) is 6.54 Å². The molecule has 1 N–H and O–H groups in total. The summed E-state index contributed by atoms with van der Waals surface area (Å²) in [6, 6.07) is 12.3. The fourth-order valence-electron chi connectivity index (χ4n) is 3.15. The minimum absolute atomic E-state index is 0. The maximum Gasteiger partial charge on any atom is 0.193 e. The van der Waals surface area contributed by atoms with Gasteiger partial charge < -0.3 is 19.4 Å². The Morgan fingerprint density at radius 3 is 2.66 bits per heavy atom. The number of aryl methyl sites for hydroxylation is 1. The number of rotatable bonds is 7. The fraction of sp³-hybridized carbons (Fsp3) is 0.364. The molecule has 3 rings (SSSR count). The summed E-state index contributed by atoms with van der Waals surface area (Å²) in [5.74, 6) is 1.77. The lowest BCUT2D eigenvalue weighted by molar-refractivity contribution is 0.414. The van der Waals surface area contributed by atoms with E-state index in [-0.39, 0.29) is 24.0 Å².